The second-order valence-corrected chi connectivity index (χ2v) is 4.11. The van der Waals surface area contributed by atoms with Crippen molar-refractivity contribution in [2.45, 2.75) is 12.4 Å². The standard InChI is InChI=1S/C8H2BrClF6N2/c9-3-1-2-4(17-5(3)7(11,12)13)18-6(10)8(14,15)16/h1-2H. The third kappa shape index (κ3) is 3.84. The molecule has 2 nitrogen and oxygen atoms in total. The van der Waals surface area contributed by atoms with Gasteiger partial charge in [-0.05, 0) is 28.1 Å². The minimum absolute atomic E-state index is 0.405. The highest BCUT2D eigenvalue weighted by atomic mass is 79.9. The minimum Gasteiger partial charge on any atom is -0.223 e. The summed E-state index contributed by atoms with van der Waals surface area (Å²) in [6.07, 6.45) is -9.75. The summed E-state index contributed by atoms with van der Waals surface area (Å²) in [5, 5.41) is -1.80. The Bertz CT molecular complexity index is 481. The third-order valence-corrected chi connectivity index (χ3v) is 2.49. The second-order valence-electron chi connectivity index (χ2n) is 2.90. The molecule has 0 aromatic carbocycles. The zero-order valence-corrected chi connectivity index (χ0v) is 10.4. The fourth-order valence-electron chi connectivity index (χ4n) is 0.857. The molecule has 0 radical (unpaired) electrons. The summed E-state index contributed by atoms with van der Waals surface area (Å²) in [7, 11) is 0. The molecule has 0 fully saturated rings. The molecule has 0 bridgehead atoms. The van der Waals surface area contributed by atoms with E-state index < -0.39 is 33.5 Å². The highest BCUT2D eigenvalue weighted by Gasteiger charge is 2.37. The van der Waals surface area contributed by atoms with Gasteiger partial charge in [0, 0.05) is 4.47 Å². The summed E-state index contributed by atoms with van der Waals surface area (Å²) in [5.41, 5.74) is -1.38. The molecule has 100 valence electrons. The van der Waals surface area contributed by atoms with Gasteiger partial charge in [0.15, 0.2) is 11.5 Å². The van der Waals surface area contributed by atoms with Gasteiger partial charge >= 0.3 is 12.4 Å². The predicted molar refractivity (Wildman–Crippen MR) is 55.9 cm³/mol. The largest absolute Gasteiger partial charge is 0.444 e. The Hall–Kier alpha value is -0.830. The summed E-state index contributed by atoms with van der Waals surface area (Å²) in [6.45, 7) is 0. The van der Waals surface area contributed by atoms with Crippen LogP contribution in [0.4, 0.5) is 32.2 Å². The zero-order valence-electron chi connectivity index (χ0n) is 8.07. The maximum atomic E-state index is 12.4. The lowest BCUT2D eigenvalue weighted by molar-refractivity contribution is -0.141. The quantitative estimate of drug-likeness (QED) is 0.530. The van der Waals surface area contributed by atoms with E-state index in [9.17, 15) is 26.3 Å². The fourth-order valence-corrected chi connectivity index (χ4v) is 1.39. The van der Waals surface area contributed by atoms with Gasteiger partial charge in [-0.2, -0.15) is 26.3 Å². The van der Waals surface area contributed by atoms with Crippen LogP contribution in [0, 0.1) is 0 Å². The molecule has 0 N–H and O–H groups in total. The van der Waals surface area contributed by atoms with Crippen LogP contribution in [0.3, 0.4) is 0 Å². The number of alkyl halides is 6. The van der Waals surface area contributed by atoms with E-state index in [1.165, 1.54) is 0 Å². The Morgan fingerprint density at radius 3 is 2.17 bits per heavy atom. The van der Waals surface area contributed by atoms with E-state index in [0.29, 0.717) is 0 Å². The minimum atomic E-state index is -4.94. The first-order valence-electron chi connectivity index (χ1n) is 4.07. The van der Waals surface area contributed by atoms with Crippen LogP contribution in [-0.2, 0) is 6.18 Å². The van der Waals surface area contributed by atoms with Gasteiger partial charge in [0.2, 0.25) is 5.17 Å². The molecule has 0 aliphatic heterocycles. The second kappa shape index (κ2) is 5.04. The average Bonchev–Trinajstić information content (AvgIpc) is 2.17. The smallest absolute Gasteiger partial charge is 0.223 e. The van der Waals surface area contributed by atoms with Crippen molar-refractivity contribution in [3.05, 3.63) is 22.3 Å². The highest BCUT2D eigenvalue weighted by Crippen LogP contribution is 2.34. The lowest BCUT2D eigenvalue weighted by Crippen LogP contribution is -2.17. The number of aromatic nitrogens is 1. The van der Waals surface area contributed by atoms with Crippen LogP contribution in [0.1, 0.15) is 5.69 Å². The molecule has 0 amide bonds. The van der Waals surface area contributed by atoms with E-state index >= 15 is 0 Å². The average molecular weight is 355 g/mol. The van der Waals surface area contributed by atoms with Gasteiger partial charge in [-0.3, -0.25) is 0 Å². The molecule has 0 aliphatic rings. The lowest BCUT2D eigenvalue weighted by Gasteiger charge is -2.08. The Kier molecular flexibility index (Phi) is 4.26. The predicted octanol–water partition coefficient (Wildman–Crippen LogP) is 4.69. The van der Waals surface area contributed by atoms with Crippen molar-refractivity contribution in [3.63, 3.8) is 0 Å². The Balaban J connectivity index is 3.23. The number of rotatable bonds is 1. The maximum Gasteiger partial charge on any atom is 0.444 e. The molecule has 0 saturated heterocycles. The Morgan fingerprint density at radius 2 is 1.72 bits per heavy atom. The van der Waals surface area contributed by atoms with Crippen molar-refractivity contribution < 1.29 is 26.3 Å². The van der Waals surface area contributed by atoms with Gasteiger partial charge in [-0.25, -0.2) is 9.98 Å². The fraction of sp³-hybridized carbons (Fsp3) is 0.250. The van der Waals surface area contributed by atoms with E-state index in [4.69, 9.17) is 11.6 Å². The van der Waals surface area contributed by atoms with Crippen molar-refractivity contribution in [2.75, 3.05) is 0 Å². The molecule has 0 aliphatic carbocycles. The topological polar surface area (TPSA) is 25.2 Å². The van der Waals surface area contributed by atoms with Crippen LogP contribution < -0.4 is 0 Å². The first-order chi connectivity index (χ1) is 8.01. The number of aliphatic imine (C=N–C) groups is 1. The monoisotopic (exact) mass is 354 g/mol. The number of hydrogen-bond acceptors (Lipinski definition) is 2. The first kappa shape index (κ1) is 15.2. The van der Waals surface area contributed by atoms with E-state index in [0.717, 1.165) is 12.1 Å². The normalized spacial score (nSPS) is 13.9. The van der Waals surface area contributed by atoms with Gasteiger partial charge in [0.1, 0.15) is 0 Å². The van der Waals surface area contributed by atoms with Crippen LogP contribution >= 0.6 is 27.5 Å². The van der Waals surface area contributed by atoms with Gasteiger partial charge in [0.05, 0.1) is 0 Å². The highest BCUT2D eigenvalue weighted by molar-refractivity contribution is 9.10. The molecule has 1 rings (SSSR count). The SMILES string of the molecule is FC(F)(F)C(Cl)=Nc1ccc(Br)c(C(F)(F)F)n1. The van der Waals surface area contributed by atoms with Crippen LogP contribution in [0.25, 0.3) is 0 Å². The molecule has 18 heavy (non-hydrogen) atoms. The molecule has 0 unspecified atom stereocenters. The summed E-state index contributed by atoms with van der Waals surface area (Å²) in [5.74, 6) is -0.784. The maximum absolute atomic E-state index is 12.4. The van der Waals surface area contributed by atoms with Crippen molar-refractivity contribution in [1.82, 2.24) is 4.98 Å². The molecular weight excluding hydrogens is 353 g/mol. The van der Waals surface area contributed by atoms with Crippen LogP contribution in [-0.4, -0.2) is 16.3 Å². The number of pyridine rings is 1. The van der Waals surface area contributed by atoms with E-state index in [1.807, 2.05) is 0 Å². The van der Waals surface area contributed by atoms with E-state index in [2.05, 4.69) is 25.9 Å². The number of halogens is 8. The van der Waals surface area contributed by atoms with E-state index in [1.54, 1.807) is 0 Å². The van der Waals surface area contributed by atoms with E-state index in [-0.39, 0.29) is 0 Å². The van der Waals surface area contributed by atoms with Gasteiger partial charge < -0.3 is 0 Å². The molecule has 0 spiro atoms. The molecular formula is C8H2BrClF6N2. The van der Waals surface area contributed by atoms with Crippen molar-refractivity contribution >= 4 is 38.5 Å². The Morgan fingerprint density at radius 1 is 1.17 bits per heavy atom. The summed E-state index contributed by atoms with van der Waals surface area (Å²) in [4.78, 5) is 5.72. The molecule has 1 aromatic rings. The molecule has 1 heterocycles. The molecule has 0 atom stereocenters. The van der Waals surface area contributed by atoms with Crippen LogP contribution in [0.15, 0.2) is 21.6 Å². The number of hydrogen-bond donors (Lipinski definition) is 0. The van der Waals surface area contributed by atoms with Crippen LogP contribution in [0.5, 0.6) is 0 Å². The van der Waals surface area contributed by atoms with Crippen molar-refractivity contribution in [3.8, 4) is 0 Å². The van der Waals surface area contributed by atoms with Gasteiger partial charge in [-0.1, -0.05) is 11.6 Å². The van der Waals surface area contributed by atoms with Gasteiger partial charge in [0.25, 0.3) is 0 Å². The third-order valence-electron chi connectivity index (χ3n) is 1.55. The van der Waals surface area contributed by atoms with Gasteiger partial charge in [-0.15, -0.1) is 0 Å². The van der Waals surface area contributed by atoms with Crippen molar-refractivity contribution in [1.29, 1.82) is 0 Å². The summed E-state index contributed by atoms with van der Waals surface area (Å²) < 4.78 is 72.9. The first-order valence-corrected chi connectivity index (χ1v) is 5.24. The lowest BCUT2D eigenvalue weighted by atomic mass is 10.3. The zero-order chi connectivity index (χ0) is 14.1. The number of nitrogens with zero attached hydrogens (tertiary/aromatic N) is 2. The summed E-state index contributed by atoms with van der Waals surface area (Å²) in [6, 6.07) is 1.75. The van der Waals surface area contributed by atoms with Crippen molar-refractivity contribution in [2.24, 2.45) is 4.99 Å². The molecule has 1 aromatic heterocycles. The molecule has 10 heteroatoms. The summed E-state index contributed by atoms with van der Waals surface area (Å²) >= 11 is 7.38. The molecule has 0 saturated carbocycles. The van der Waals surface area contributed by atoms with Crippen LogP contribution in [0.2, 0.25) is 0 Å². The Labute approximate surface area is 110 Å².